The van der Waals surface area contributed by atoms with Gasteiger partial charge in [-0.2, -0.15) is 0 Å². The monoisotopic (exact) mass is 432 g/mol. The van der Waals surface area contributed by atoms with E-state index in [1.54, 1.807) is 14.0 Å². The van der Waals surface area contributed by atoms with Crippen molar-refractivity contribution >= 4 is 11.8 Å². The molecule has 0 aliphatic carbocycles. The van der Waals surface area contributed by atoms with Gasteiger partial charge in [0.2, 0.25) is 5.91 Å². The first-order valence-electron chi connectivity index (χ1n) is 11.9. The molecule has 0 radical (unpaired) electrons. The van der Waals surface area contributed by atoms with E-state index < -0.39 is 0 Å². The lowest BCUT2D eigenvalue weighted by molar-refractivity contribution is -0.132. The summed E-state index contributed by atoms with van der Waals surface area (Å²) in [6.45, 7) is 12.4. The van der Waals surface area contributed by atoms with Crippen molar-refractivity contribution in [1.82, 2.24) is 19.3 Å². The number of piperidine rings is 2. The molecule has 7 nitrogen and oxygen atoms in total. The van der Waals surface area contributed by atoms with E-state index in [9.17, 15) is 9.59 Å². The summed E-state index contributed by atoms with van der Waals surface area (Å²) in [7, 11) is 1.69. The van der Waals surface area contributed by atoms with Crippen molar-refractivity contribution < 1.29 is 14.3 Å². The fraction of sp³-hybridized carbons (Fsp3) is 0.750. The Labute approximate surface area is 187 Å². The van der Waals surface area contributed by atoms with Gasteiger partial charge in [0, 0.05) is 64.2 Å². The van der Waals surface area contributed by atoms with Crippen LogP contribution in [0, 0.1) is 13.8 Å². The third-order valence-electron chi connectivity index (χ3n) is 6.96. The molecule has 1 unspecified atom stereocenters. The van der Waals surface area contributed by atoms with Crippen LogP contribution in [0.25, 0.3) is 0 Å². The number of nitrogens with zero attached hydrogens (tertiary/aromatic N) is 4. The Morgan fingerprint density at radius 3 is 2.52 bits per heavy atom. The fourth-order valence-electron chi connectivity index (χ4n) is 5.14. The SMILES string of the molecule is COCCn1c(C)cc(C(=O)N2CCCC(N(CCN3CCCCC3)C(C)=O)C2)c1C. The molecule has 2 aliphatic heterocycles. The molecular weight excluding hydrogens is 392 g/mol. The first-order valence-corrected chi connectivity index (χ1v) is 11.9. The zero-order valence-electron chi connectivity index (χ0n) is 19.9. The molecule has 31 heavy (non-hydrogen) atoms. The van der Waals surface area contributed by atoms with E-state index in [-0.39, 0.29) is 17.9 Å². The minimum absolute atomic E-state index is 0.0843. The van der Waals surface area contributed by atoms with Crippen LogP contribution in [0.4, 0.5) is 0 Å². The average molecular weight is 433 g/mol. The van der Waals surface area contributed by atoms with Gasteiger partial charge in [0.05, 0.1) is 12.2 Å². The second-order valence-corrected chi connectivity index (χ2v) is 9.09. The maximum Gasteiger partial charge on any atom is 0.255 e. The van der Waals surface area contributed by atoms with E-state index in [4.69, 9.17) is 4.74 Å². The maximum absolute atomic E-state index is 13.4. The summed E-state index contributed by atoms with van der Waals surface area (Å²) in [6.07, 6.45) is 5.74. The predicted molar refractivity (Wildman–Crippen MR) is 122 cm³/mol. The highest BCUT2D eigenvalue weighted by atomic mass is 16.5. The predicted octanol–water partition coefficient (Wildman–Crippen LogP) is 2.69. The first kappa shape index (κ1) is 23.8. The number of hydrogen-bond acceptors (Lipinski definition) is 4. The van der Waals surface area contributed by atoms with Crippen LogP contribution < -0.4 is 0 Å². The zero-order valence-corrected chi connectivity index (χ0v) is 19.9. The van der Waals surface area contributed by atoms with Crippen LogP contribution in [0.3, 0.4) is 0 Å². The Bertz CT molecular complexity index is 754. The molecule has 3 rings (SSSR count). The van der Waals surface area contributed by atoms with Crippen molar-refractivity contribution in [2.45, 2.75) is 65.5 Å². The van der Waals surface area contributed by atoms with Crippen molar-refractivity contribution in [2.75, 3.05) is 53.0 Å². The van der Waals surface area contributed by atoms with Gasteiger partial charge in [-0.15, -0.1) is 0 Å². The van der Waals surface area contributed by atoms with Gasteiger partial charge in [0.25, 0.3) is 5.91 Å². The lowest BCUT2D eigenvalue weighted by Gasteiger charge is -2.40. The second kappa shape index (κ2) is 11.1. The smallest absolute Gasteiger partial charge is 0.255 e. The molecule has 0 aromatic carbocycles. The molecule has 1 atom stereocenters. The number of aromatic nitrogens is 1. The quantitative estimate of drug-likeness (QED) is 0.634. The molecular formula is C24H40N4O3. The Hall–Kier alpha value is -1.86. The van der Waals surface area contributed by atoms with Crippen LogP contribution in [-0.2, 0) is 16.1 Å². The Morgan fingerprint density at radius 2 is 1.84 bits per heavy atom. The molecule has 0 bridgehead atoms. The molecule has 3 heterocycles. The molecule has 1 aromatic rings. The molecule has 0 spiro atoms. The van der Waals surface area contributed by atoms with Crippen molar-refractivity contribution in [3.8, 4) is 0 Å². The van der Waals surface area contributed by atoms with E-state index >= 15 is 0 Å². The van der Waals surface area contributed by atoms with Gasteiger partial charge < -0.3 is 24.0 Å². The van der Waals surface area contributed by atoms with E-state index in [1.165, 1.54) is 19.3 Å². The van der Waals surface area contributed by atoms with E-state index in [2.05, 4.69) is 9.47 Å². The van der Waals surface area contributed by atoms with Crippen molar-refractivity contribution in [3.63, 3.8) is 0 Å². The molecule has 2 saturated heterocycles. The van der Waals surface area contributed by atoms with Gasteiger partial charge in [-0.3, -0.25) is 9.59 Å². The van der Waals surface area contributed by atoms with Crippen LogP contribution in [0.15, 0.2) is 6.07 Å². The summed E-state index contributed by atoms with van der Waals surface area (Å²) in [5.41, 5.74) is 2.85. The number of hydrogen-bond donors (Lipinski definition) is 0. The van der Waals surface area contributed by atoms with Crippen LogP contribution in [0.2, 0.25) is 0 Å². The van der Waals surface area contributed by atoms with Crippen molar-refractivity contribution in [1.29, 1.82) is 0 Å². The van der Waals surface area contributed by atoms with Gasteiger partial charge >= 0.3 is 0 Å². The number of rotatable bonds is 8. The van der Waals surface area contributed by atoms with E-state index in [0.29, 0.717) is 13.2 Å². The molecule has 7 heteroatoms. The van der Waals surface area contributed by atoms with Crippen LogP contribution in [0.1, 0.15) is 60.8 Å². The summed E-state index contributed by atoms with van der Waals surface area (Å²) in [5.74, 6) is 0.204. The fourth-order valence-corrected chi connectivity index (χ4v) is 5.14. The van der Waals surface area contributed by atoms with Crippen LogP contribution in [-0.4, -0.2) is 90.1 Å². The van der Waals surface area contributed by atoms with Crippen LogP contribution >= 0.6 is 0 Å². The minimum Gasteiger partial charge on any atom is -0.383 e. The number of carbonyl (C=O) groups is 2. The largest absolute Gasteiger partial charge is 0.383 e. The number of amides is 2. The number of likely N-dealkylation sites (tertiary alicyclic amines) is 2. The van der Waals surface area contributed by atoms with Crippen LogP contribution in [0.5, 0.6) is 0 Å². The first-order chi connectivity index (χ1) is 14.9. The standard InChI is InChI=1S/C24H40N4O3/c1-19-17-23(20(2)27(19)15-16-31-4)24(30)26-12-8-9-22(18-26)28(21(3)29)14-13-25-10-6-5-7-11-25/h17,22H,5-16,18H2,1-4H3. The van der Waals surface area contributed by atoms with E-state index in [0.717, 1.165) is 69.1 Å². The Morgan fingerprint density at radius 1 is 1.10 bits per heavy atom. The minimum atomic E-state index is 0.0843. The summed E-state index contributed by atoms with van der Waals surface area (Å²) >= 11 is 0. The third-order valence-corrected chi connectivity index (χ3v) is 6.96. The van der Waals surface area contributed by atoms with Gasteiger partial charge in [-0.25, -0.2) is 0 Å². The number of aryl methyl sites for hydroxylation is 1. The summed E-state index contributed by atoms with van der Waals surface area (Å²) < 4.78 is 7.37. The highest BCUT2D eigenvalue weighted by molar-refractivity contribution is 5.95. The Kier molecular flexibility index (Phi) is 8.55. The zero-order chi connectivity index (χ0) is 22.4. The highest BCUT2D eigenvalue weighted by Crippen LogP contribution is 2.22. The van der Waals surface area contributed by atoms with Crippen molar-refractivity contribution in [3.05, 3.63) is 23.0 Å². The van der Waals surface area contributed by atoms with Crippen molar-refractivity contribution in [2.24, 2.45) is 0 Å². The highest BCUT2D eigenvalue weighted by Gasteiger charge is 2.31. The number of methoxy groups -OCH3 is 1. The molecule has 0 saturated carbocycles. The lowest BCUT2D eigenvalue weighted by Crippen LogP contribution is -2.53. The molecule has 174 valence electrons. The average Bonchev–Trinajstić information content (AvgIpc) is 3.06. The molecule has 1 aromatic heterocycles. The summed E-state index contributed by atoms with van der Waals surface area (Å²) in [4.78, 5) is 32.3. The number of ether oxygens (including phenoxy) is 1. The van der Waals surface area contributed by atoms with Gasteiger partial charge in [0.15, 0.2) is 0 Å². The van der Waals surface area contributed by atoms with Gasteiger partial charge in [0.1, 0.15) is 0 Å². The Balaban J connectivity index is 1.65. The van der Waals surface area contributed by atoms with Gasteiger partial charge in [-0.05, 0) is 58.7 Å². The topological polar surface area (TPSA) is 58.0 Å². The molecule has 2 fully saturated rings. The third kappa shape index (κ3) is 5.89. The molecule has 0 N–H and O–H groups in total. The summed E-state index contributed by atoms with van der Waals surface area (Å²) in [5, 5.41) is 0. The van der Waals surface area contributed by atoms with E-state index in [1.807, 2.05) is 29.7 Å². The molecule has 2 amide bonds. The lowest BCUT2D eigenvalue weighted by atomic mass is 10.0. The number of carbonyl (C=O) groups excluding carboxylic acids is 2. The van der Waals surface area contributed by atoms with Gasteiger partial charge in [-0.1, -0.05) is 6.42 Å². The summed E-state index contributed by atoms with van der Waals surface area (Å²) in [6, 6.07) is 2.10. The maximum atomic E-state index is 13.4. The second-order valence-electron chi connectivity index (χ2n) is 9.09. The normalized spacial score (nSPS) is 20.1. The molecule has 2 aliphatic rings.